The highest BCUT2D eigenvalue weighted by Gasteiger charge is 2.19. The van der Waals surface area contributed by atoms with Gasteiger partial charge in [-0.25, -0.2) is 0 Å². The van der Waals surface area contributed by atoms with Crippen LogP contribution in [0, 0.1) is 0 Å². The molecule has 1 aliphatic rings. The summed E-state index contributed by atoms with van der Waals surface area (Å²) in [5, 5.41) is 13.3. The molecular formula is C21H25N5O2S. The van der Waals surface area contributed by atoms with Crippen LogP contribution in [0.3, 0.4) is 0 Å². The molecule has 3 heterocycles. The number of carbonyl (C=O) groups excluding carboxylic acids is 1. The molecule has 152 valence electrons. The van der Waals surface area contributed by atoms with Crippen LogP contribution < -0.4 is 15.0 Å². The van der Waals surface area contributed by atoms with Gasteiger partial charge < -0.3 is 15.0 Å². The van der Waals surface area contributed by atoms with Crippen molar-refractivity contribution in [2.75, 3.05) is 31.6 Å². The van der Waals surface area contributed by atoms with Crippen molar-refractivity contribution in [3.05, 3.63) is 53.9 Å². The lowest BCUT2D eigenvalue weighted by atomic mass is 10.1. The van der Waals surface area contributed by atoms with Crippen molar-refractivity contribution in [3.63, 3.8) is 0 Å². The van der Waals surface area contributed by atoms with Crippen LogP contribution in [-0.2, 0) is 6.42 Å². The van der Waals surface area contributed by atoms with E-state index in [2.05, 4.69) is 20.4 Å². The monoisotopic (exact) mass is 411 g/mol. The number of rotatable bonds is 7. The molecule has 0 unspecified atom stereocenters. The minimum atomic E-state index is -0.125. The topological polar surface area (TPSA) is 72.3 Å². The van der Waals surface area contributed by atoms with Crippen LogP contribution >= 0.6 is 11.3 Å². The molecule has 0 radical (unpaired) electrons. The largest absolute Gasteiger partial charge is 0.496 e. The first-order valence-electron chi connectivity index (χ1n) is 9.92. The third-order valence-corrected chi connectivity index (χ3v) is 6.07. The van der Waals surface area contributed by atoms with E-state index < -0.39 is 0 Å². The van der Waals surface area contributed by atoms with Gasteiger partial charge in [0.25, 0.3) is 5.91 Å². The number of nitrogens with zero attached hydrogens (tertiary/aromatic N) is 4. The minimum absolute atomic E-state index is 0.125. The first kappa shape index (κ1) is 19.4. The van der Waals surface area contributed by atoms with E-state index in [9.17, 15) is 4.79 Å². The van der Waals surface area contributed by atoms with E-state index in [0.717, 1.165) is 29.5 Å². The van der Waals surface area contributed by atoms with Crippen molar-refractivity contribution in [1.29, 1.82) is 0 Å². The van der Waals surface area contributed by atoms with Crippen LogP contribution in [0.15, 0.2) is 42.6 Å². The Hall–Kier alpha value is -2.87. The maximum Gasteiger partial charge on any atom is 0.268 e. The zero-order valence-electron chi connectivity index (χ0n) is 16.5. The van der Waals surface area contributed by atoms with Crippen molar-refractivity contribution < 1.29 is 9.53 Å². The van der Waals surface area contributed by atoms with Gasteiger partial charge in [-0.3, -0.25) is 9.36 Å². The number of methoxy groups -OCH3 is 1. The van der Waals surface area contributed by atoms with Gasteiger partial charge in [0.2, 0.25) is 10.3 Å². The molecule has 1 fully saturated rings. The van der Waals surface area contributed by atoms with Gasteiger partial charge in [0.15, 0.2) is 0 Å². The summed E-state index contributed by atoms with van der Waals surface area (Å²) in [5.41, 5.74) is 1.63. The summed E-state index contributed by atoms with van der Waals surface area (Å²) in [5.74, 6) is 0.712. The number of hydrogen-bond donors (Lipinski definition) is 1. The molecule has 0 atom stereocenters. The highest BCUT2D eigenvalue weighted by atomic mass is 32.1. The van der Waals surface area contributed by atoms with E-state index in [1.165, 1.54) is 30.6 Å². The molecule has 1 amide bonds. The minimum Gasteiger partial charge on any atom is -0.496 e. The van der Waals surface area contributed by atoms with Crippen molar-refractivity contribution in [2.24, 2.45) is 0 Å². The average Bonchev–Trinajstić information content (AvgIpc) is 3.44. The summed E-state index contributed by atoms with van der Waals surface area (Å²) < 4.78 is 7.18. The molecule has 7 nitrogen and oxygen atoms in total. The van der Waals surface area contributed by atoms with Gasteiger partial charge >= 0.3 is 0 Å². The van der Waals surface area contributed by atoms with Gasteiger partial charge in [0.05, 0.1) is 7.11 Å². The number of aromatic nitrogens is 3. The lowest BCUT2D eigenvalue weighted by Crippen LogP contribution is -2.29. The summed E-state index contributed by atoms with van der Waals surface area (Å²) in [4.78, 5) is 15.0. The maximum absolute atomic E-state index is 12.7. The molecule has 0 saturated carbocycles. The molecule has 1 aromatic carbocycles. The third kappa shape index (κ3) is 4.42. The van der Waals surface area contributed by atoms with E-state index >= 15 is 0 Å². The van der Waals surface area contributed by atoms with Crippen molar-refractivity contribution >= 4 is 22.4 Å². The number of benzene rings is 1. The summed E-state index contributed by atoms with van der Waals surface area (Å²) >= 11 is 1.52. The molecule has 4 rings (SSSR count). The number of nitrogens with one attached hydrogen (secondary N) is 1. The number of hydrogen-bond acceptors (Lipinski definition) is 6. The Morgan fingerprint density at radius 3 is 2.72 bits per heavy atom. The van der Waals surface area contributed by atoms with E-state index in [-0.39, 0.29) is 5.91 Å². The zero-order valence-corrected chi connectivity index (χ0v) is 17.3. The van der Waals surface area contributed by atoms with Gasteiger partial charge in [-0.1, -0.05) is 29.5 Å². The Balaban J connectivity index is 1.41. The zero-order chi connectivity index (χ0) is 20.1. The van der Waals surface area contributed by atoms with E-state index in [4.69, 9.17) is 4.74 Å². The SMILES string of the molecule is COc1ccccc1CCNC(=O)c1cccn1-c1nnc(N2CCCCC2)s1. The Kier molecular flexibility index (Phi) is 6.09. The molecule has 1 aliphatic heterocycles. The summed E-state index contributed by atoms with van der Waals surface area (Å²) in [6, 6.07) is 11.5. The highest BCUT2D eigenvalue weighted by Crippen LogP contribution is 2.26. The van der Waals surface area contributed by atoms with Crippen LogP contribution in [0.1, 0.15) is 35.3 Å². The molecule has 0 spiro atoms. The van der Waals surface area contributed by atoms with Crippen LogP contribution in [0.5, 0.6) is 5.75 Å². The fourth-order valence-corrected chi connectivity index (χ4v) is 4.46. The maximum atomic E-state index is 12.7. The van der Waals surface area contributed by atoms with Crippen molar-refractivity contribution in [1.82, 2.24) is 20.1 Å². The van der Waals surface area contributed by atoms with Crippen molar-refractivity contribution in [2.45, 2.75) is 25.7 Å². The molecular weight excluding hydrogens is 386 g/mol. The lowest BCUT2D eigenvalue weighted by molar-refractivity contribution is 0.0947. The second-order valence-corrected chi connectivity index (χ2v) is 7.93. The first-order chi connectivity index (χ1) is 14.3. The normalized spacial score (nSPS) is 14.0. The molecule has 1 N–H and O–H groups in total. The average molecular weight is 412 g/mol. The second-order valence-electron chi connectivity index (χ2n) is 7.00. The van der Waals surface area contributed by atoms with Gasteiger partial charge in [-0.2, -0.15) is 0 Å². The highest BCUT2D eigenvalue weighted by molar-refractivity contribution is 7.17. The number of para-hydroxylation sites is 1. The molecule has 3 aromatic rings. The summed E-state index contributed by atoms with van der Waals surface area (Å²) in [7, 11) is 1.66. The predicted molar refractivity (Wildman–Crippen MR) is 114 cm³/mol. The molecule has 29 heavy (non-hydrogen) atoms. The quantitative estimate of drug-likeness (QED) is 0.646. The van der Waals surface area contributed by atoms with Gasteiger partial charge in [-0.15, -0.1) is 10.2 Å². The number of carbonyl (C=O) groups is 1. The van der Waals surface area contributed by atoms with Crippen LogP contribution in [-0.4, -0.2) is 47.4 Å². The Morgan fingerprint density at radius 1 is 1.10 bits per heavy atom. The fourth-order valence-electron chi connectivity index (χ4n) is 3.56. The van der Waals surface area contributed by atoms with Gasteiger partial charge in [-0.05, 0) is 49.4 Å². The number of piperidine rings is 1. The second kappa shape index (κ2) is 9.09. The van der Waals surface area contributed by atoms with E-state index in [0.29, 0.717) is 23.8 Å². The third-order valence-electron chi connectivity index (χ3n) is 5.09. The molecule has 8 heteroatoms. The first-order valence-corrected chi connectivity index (χ1v) is 10.7. The van der Waals surface area contributed by atoms with Crippen molar-refractivity contribution in [3.8, 4) is 10.9 Å². The summed E-state index contributed by atoms with van der Waals surface area (Å²) in [6.45, 7) is 2.58. The van der Waals surface area contributed by atoms with Gasteiger partial charge in [0.1, 0.15) is 11.4 Å². The van der Waals surface area contributed by atoms with Crippen LogP contribution in [0.2, 0.25) is 0 Å². The smallest absolute Gasteiger partial charge is 0.268 e. The van der Waals surface area contributed by atoms with E-state index in [1.54, 1.807) is 13.2 Å². The lowest BCUT2D eigenvalue weighted by Gasteiger charge is -2.25. The van der Waals surface area contributed by atoms with Crippen LogP contribution in [0.25, 0.3) is 5.13 Å². The molecule has 0 bridgehead atoms. The Bertz CT molecular complexity index is 961. The predicted octanol–water partition coefficient (Wildman–Crippen LogP) is 3.30. The number of anilines is 1. The Labute approximate surface area is 174 Å². The molecule has 1 saturated heterocycles. The Morgan fingerprint density at radius 2 is 1.90 bits per heavy atom. The van der Waals surface area contributed by atoms with Gasteiger partial charge in [0, 0.05) is 25.8 Å². The van der Waals surface area contributed by atoms with Crippen LogP contribution in [0.4, 0.5) is 5.13 Å². The standard InChI is InChI=1S/C21H25N5O2S/c1-28-18-10-4-3-8-16(18)11-12-22-19(27)17-9-7-15-26(17)21-24-23-20(29-21)25-13-5-2-6-14-25/h3-4,7-10,15H,2,5-6,11-14H2,1H3,(H,22,27). The number of ether oxygens (including phenoxy) is 1. The summed E-state index contributed by atoms with van der Waals surface area (Å²) in [6.07, 6.45) is 6.22. The number of amides is 1. The fraction of sp³-hybridized carbons (Fsp3) is 0.381. The molecule has 0 aliphatic carbocycles. The van der Waals surface area contributed by atoms with E-state index in [1.807, 2.05) is 41.1 Å². The molecule has 2 aromatic heterocycles.